The topological polar surface area (TPSA) is 101 Å². The lowest BCUT2D eigenvalue weighted by Gasteiger charge is -2.39. The second-order valence-electron chi connectivity index (χ2n) is 9.25. The van der Waals surface area contributed by atoms with Crippen LogP contribution in [-0.2, 0) is 11.2 Å². The number of aromatic nitrogens is 1. The first-order valence-corrected chi connectivity index (χ1v) is 11.2. The van der Waals surface area contributed by atoms with Gasteiger partial charge in [0.15, 0.2) is 6.61 Å². The van der Waals surface area contributed by atoms with Crippen molar-refractivity contribution in [2.45, 2.75) is 64.3 Å². The Bertz CT molecular complexity index is 1100. The maximum absolute atomic E-state index is 13.3. The van der Waals surface area contributed by atoms with Gasteiger partial charge in [0, 0.05) is 12.0 Å². The highest BCUT2D eigenvalue weighted by atomic mass is 19.4. The third-order valence-electron chi connectivity index (χ3n) is 5.12. The van der Waals surface area contributed by atoms with Crippen LogP contribution < -0.4 is 14.8 Å². The summed E-state index contributed by atoms with van der Waals surface area (Å²) in [5.41, 5.74) is -0.973. The molecule has 2 aromatic rings. The molecule has 0 saturated carbocycles. The zero-order valence-electron chi connectivity index (χ0n) is 20.9. The molecule has 0 fully saturated rings. The first-order chi connectivity index (χ1) is 17.4. The minimum Gasteiger partial charge on any atom is -0.483 e. The van der Waals surface area contributed by atoms with Gasteiger partial charge >= 0.3 is 18.6 Å². The molecule has 2 amide bonds. The largest absolute Gasteiger partial charge is 0.573 e. The molecule has 0 bridgehead atoms. The maximum Gasteiger partial charge on any atom is 0.573 e. The van der Waals surface area contributed by atoms with E-state index in [9.17, 15) is 41.0 Å². The van der Waals surface area contributed by atoms with Crippen molar-refractivity contribution in [2.24, 2.45) is 0 Å². The van der Waals surface area contributed by atoms with Gasteiger partial charge in [-0.25, -0.2) is 4.79 Å². The van der Waals surface area contributed by atoms with Gasteiger partial charge in [0.1, 0.15) is 17.5 Å². The van der Waals surface area contributed by atoms with E-state index in [4.69, 9.17) is 0 Å². The number of nitrogens with one attached hydrogen (secondary N) is 1. The van der Waals surface area contributed by atoms with Gasteiger partial charge in [-0.2, -0.15) is 13.2 Å². The molecule has 0 saturated heterocycles. The number of carbonyl (C=O) groups is 2. The van der Waals surface area contributed by atoms with Crippen molar-refractivity contribution < 1.29 is 50.5 Å². The Kier molecular flexibility index (Phi) is 9.46. The molecule has 14 heteroatoms. The minimum atomic E-state index is -5.01. The van der Waals surface area contributed by atoms with Crippen molar-refractivity contribution in [3.8, 4) is 11.5 Å². The van der Waals surface area contributed by atoms with Crippen molar-refractivity contribution in [2.75, 3.05) is 6.61 Å². The Balaban J connectivity index is 2.32. The van der Waals surface area contributed by atoms with Gasteiger partial charge in [-0.15, -0.1) is 13.2 Å². The smallest absolute Gasteiger partial charge is 0.483 e. The Labute approximate surface area is 214 Å². The standard InChI is InChI=1S/C24H27F6N3O5/c1-14(17-10-9-16(12-31-17)37-13-23(25,26)27)32-20(34)18(33(21(35)36)22(2,3)4)11-15-7-5-6-8-19(15)38-24(28,29)30/h5-10,12,14,18H,11,13H2,1-4H3,(H,32,34)(H,35,36)/t14-,18-/m1/s1. The highest BCUT2D eigenvalue weighted by molar-refractivity contribution is 5.86. The zero-order chi connectivity index (χ0) is 28.9. The van der Waals surface area contributed by atoms with Crippen LogP contribution in [0.1, 0.15) is 45.0 Å². The summed E-state index contributed by atoms with van der Waals surface area (Å²) >= 11 is 0. The average molecular weight is 551 g/mol. The normalized spacial score (nSPS) is 13.8. The lowest BCUT2D eigenvalue weighted by molar-refractivity contribution is -0.274. The minimum absolute atomic E-state index is 0.0579. The molecular weight excluding hydrogens is 524 g/mol. The zero-order valence-corrected chi connectivity index (χ0v) is 20.9. The summed E-state index contributed by atoms with van der Waals surface area (Å²) in [6.07, 6.45) is -10.5. The number of carbonyl (C=O) groups excluding carboxylic acids is 1. The SMILES string of the molecule is C[C@@H](NC(=O)[C@@H](Cc1ccccc1OC(F)(F)F)N(C(=O)O)C(C)(C)C)c1ccc(OCC(F)(F)F)cn1. The fourth-order valence-electron chi connectivity index (χ4n) is 3.58. The summed E-state index contributed by atoms with van der Waals surface area (Å²) in [5, 5.41) is 12.5. The monoisotopic (exact) mass is 551 g/mol. The number of alkyl halides is 6. The summed E-state index contributed by atoms with van der Waals surface area (Å²) < 4.78 is 84.4. The summed E-state index contributed by atoms with van der Waals surface area (Å²) in [4.78, 5) is 30.3. The van der Waals surface area contributed by atoms with Gasteiger partial charge < -0.3 is 19.9 Å². The number of pyridine rings is 1. The number of halogens is 6. The number of ether oxygens (including phenoxy) is 2. The second kappa shape index (κ2) is 11.8. The number of hydrogen-bond acceptors (Lipinski definition) is 5. The van der Waals surface area contributed by atoms with Crippen LogP contribution in [0.4, 0.5) is 31.1 Å². The fourth-order valence-corrected chi connectivity index (χ4v) is 3.58. The fraction of sp³-hybridized carbons (Fsp3) is 0.458. The molecule has 2 atom stereocenters. The van der Waals surface area contributed by atoms with E-state index in [0.717, 1.165) is 17.2 Å². The Hall–Kier alpha value is -3.71. The molecule has 2 rings (SSSR count). The van der Waals surface area contributed by atoms with Gasteiger partial charge in [0.25, 0.3) is 0 Å². The summed E-state index contributed by atoms with van der Waals surface area (Å²) in [6.45, 7) is 4.54. The number of nitrogens with zero attached hydrogens (tertiary/aromatic N) is 2. The van der Waals surface area contributed by atoms with Crippen LogP contribution in [0.25, 0.3) is 0 Å². The molecule has 0 aliphatic carbocycles. The van der Waals surface area contributed by atoms with E-state index in [1.807, 2.05) is 0 Å². The van der Waals surface area contributed by atoms with Crippen LogP contribution >= 0.6 is 0 Å². The average Bonchev–Trinajstić information content (AvgIpc) is 2.76. The third-order valence-corrected chi connectivity index (χ3v) is 5.12. The van der Waals surface area contributed by atoms with Crippen molar-refractivity contribution >= 4 is 12.0 Å². The quantitative estimate of drug-likeness (QED) is 0.400. The molecule has 1 heterocycles. The molecule has 0 aliphatic rings. The highest BCUT2D eigenvalue weighted by Crippen LogP contribution is 2.30. The Morgan fingerprint density at radius 2 is 1.68 bits per heavy atom. The first kappa shape index (κ1) is 30.5. The number of hydrogen-bond donors (Lipinski definition) is 2. The second-order valence-corrected chi connectivity index (χ2v) is 9.25. The lowest BCUT2D eigenvalue weighted by atomic mass is 9.97. The van der Waals surface area contributed by atoms with E-state index < -0.39 is 60.9 Å². The van der Waals surface area contributed by atoms with Crippen LogP contribution in [0.15, 0.2) is 42.6 Å². The maximum atomic E-state index is 13.3. The van der Waals surface area contributed by atoms with Gasteiger partial charge in [0.05, 0.1) is 17.9 Å². The number of benzene rings is 1. The molecule has 0 spiro atoms. The lowest BCUT2D eigenvalue weighted by Crippen LogP contribution is -2.57. The van der Waals surface area contributed by atoms with Crippen molar-refractivity contribution in [1.82, 2.24) is 15.2 Å². The van der Waals surface area contributed by atoms with E-state index >= 15 is 0 Å². The molecule has 8 nitrogen and oxygen atoms in total. The molecule has 210 valence electrons. The van der Waals surface area contributed by atoms with E-state index in [-0.39, 0.29) is 17.0 Å². The first-order valence-electron chi connectivity index (χ1n) is 11.2. The van der Waals surface area contributed by atoms with Crippen LogP contribution in [0.5, 0.6) is 11.5 Å². The number of carboxylic acid groups (broad SMARTS) is 1. The van der Waals surface area contributed by atoms with Crippen LogP contribution in [0, 0.1) is 0 Å². The van der Waals surface area contributed by atoms with Gasteiger partial charge in [0.2, 0.25) is 5.91 Å². The highest BCUT2D eigenvalue weighted by Gasteiger charge is 2.39. The summed E-state index contributed by atoms with van der Waals surface area (Å²) in [5.74, 6) is -1.58. The number of rotatable bonds is 9. The van der Waals surface area contributed by atoms with Crippen LogP contribution in [0.3, 0.4) is 0 Å². The van der Waals surface area contributed by atoms with Crippen molar-refractivity contribution in [1.29, 1.82) is 0 Å². The van der Waals surface area contributed by atoms with E-state index in [0.29, 0.717) is 0 Å². The predicted octanol–water partition coefficient (Wildman–Crippen LogP) is 5.49. The number of amides is 2. The van der Waals surface area contributed by atoms with Gasteiger partial charge in [-0.3, -0.25) is 14.7 Å². The molecule has 38 heavy (non-hydrogen) atoms. The van der Waals surface area contributed by atoms with E-state index in [1.54, 1.807) is 0 Å². The molecule has 0 radical (unpaired) electrons. The van der Waals surface area contributed by atoms with Crippen LogP contribution in [0.2, 0.25) is 0 Å². The molecule has 1 aromatic carbocycles. The molecule has 0 aliphatic heterocycles. The number of para-hydroxylation sites is 1. The van der Waals surface area contributed by atoms with Crippen molar-refractivity contribution in [3.63, 3.8) is 0 Å². The van der Waals surface area contributed by atoms with Crippen LogP contribution in [-0.4, -0.2) is 57.7 Å². The molecule has 2 N–H and O–H groups in total. The molecule has 1 aromatic heterocycles. The predicted molar refractivity (Wildman–Crippen MR) is 123 cm³/mol. The van der Waals surface area contributed by atoms with E-state index in [2.05, 4.69) is 19.8 Å². The molecular formula is C24H27F6N3O5. The van der Waals surface area contributed by atoms with Crippen molar-refractivity contribution in [3.05, 3.63) is 53.9 Å². The summed E-state index contributed by atoms with van der Waals surface area (Å²) in [7, 11) is 0. The van der Waals surface area contributed by atoms with Gasteiger partial charge in [-0.05, 0) is 51.5 Å². The summed E-state index contributed by atoms with van der Waals surface area (Å²) in [6, 6.07) is 5.26. The Morgan fingerprint density at radius 1 is 1.05 bits per heavy atom. The Morgan fingerprint density at radius 3 is 2.18 bits per heavy atom. The van der Waals surface area contributed by atoms with Gasteiger partial charge in [-0.1, -0.05) is 18.2 Å². The molecule has 0 unspecified atom stereocenters. The third kappa shape index (κ3) is 9.30. The van der Waals surface area contributed by atoms with E-state index in [1.165, 1.54) is 58.0 Å².